The van der Waals surface area contributed by atoms with Crippen molar-refractivity contribution >= 4 is 0 Å². The normalized spacial score (nSPS) is 9.58. The second kappa shape index (κ2) is 8.68. The molecule has 0 radical (unpaired) electrons. The monoisotopic (exact) mass is 422 g/mol. The van der Waals surface area contributed by atoms with Crippen LogP contribution in [0.1, 0.15) is 46.7 Å². The molecular formula is C18H26Hf-2. The predicted molar refractivity (Wildman–Crippen MR) is 81.8 cm³/mol. The quantitative estimate of drug-likeness (QED) is 0.456. The average Bonchev–Trinajstić information content (AvgIpc) is 2.93. The maximum Gasteiger partial charge on any atom is 0 e. The van der Waals surface area contributed by atoms with Crippen molar-refractivity contribution in [3.05, 3.63) is 57.6 Å². The van der Waals surface area contributed by atoms with E-state index in [1.54, 1.807) is 0 Å². The van der Waals surface area contributed by atoms with Crippen LogP contribution >= 0.6 is 0 Å². The van der Waals surface area contributed by atoms with Crippen molar-refractivity contribution in [3.63, 3.8) is 0 Å². The van der Waals surface area contributed by atoms with Gasteiger partial charge in [-0.25, -0.2) is 12.1 Å². The fourth-order valence-corrected chi connectivity index (χ4v) is 2.28. The summed E-state index contributed by atoms with van der Waals surface area (Å²) in [5, 5.41) is 0. The van der Waals surface area contributed by atoms with Crippen LogP contribution in [0.5, 0.6) is 0 Å². The van der Waals surface area contributed by atoms with E-state index in [0.29, 0.717) is 0 Å². The van der Waals surface area contributed by atoms with Crippen molar-refractivity contribution in [1.82, 2.24) is 0 Å². The minimum Gasteiger partial charge on any atom is -0.213 e. The largest absolute Gasteiger partial charge is 0.213 e. The third kappa shape index (κ3) is 4.87. The Balaban J connectivity index is 0.000000331. The van der Waals surface area contributed by atoms with E-state index in [4.69, 9.17) is 0 Å². The maximum atomic E-state index is 2.20. The topological polar surface area (TPSA) is 0 Å². The van der Waals surface area contributed by atoms with E-state index in [2.05, 4.69) is 65.8 Å². The molecule has 0 saturated heterocycles. The Labute approximate surface area is 137 Å². The molecule has 1 heteroatoms. The summed E-state index contributed by atoms with van der Waals surface area (Å²) >= 11 is 0. The average molecular weight is 421 g/mol. The Morgan fingerprint density at radius 3 is 1.58 bits per heavy atom. The van der Waals surface area contributed by atoms with Crippen LogP contribution < -0.4 is 0 Å². The summed E-state index contributed by atoms with van der Waals surface area (Å²) in [5.41, 5.74) is 8.80. The molecule has 104 valence electrons. The molecule has 0 amide bonds. The van der Waals surface area contributed by atoms with Crippen LogP contribution in [0.2, 0.25) is 0 Å². The summed E-state index contributed by atoms with van der Waals surface area (Å²) in [5.74, 6) is 0. The molecule has 0 N–H and O–H groups in total. The van der Waals surface area contributed by atoms with E-state index < -0.39 is 0 Å². The number of hydrogen-bond acceptors (Lipinski definition) is 0. The molecule has 0 fully saturated rings. The van der Waals surface area contributed by atoms with Crippen molar-refractivity contribution in [2.24, 2.45) is 0 Å². The van der Waals surface area contributed by atoms with Crippen molar-refractivity contribution < 1.29 is 25.8 Å². The zero-order chi connectivity index (χ0) is 13.7. The summed E-state index contributed by atoms with van der Waals surface area (Å²) in [6.07, 6.45) is 2.48. The molecule has 0 aromatic heterocycles. The Morgan fingerprint density at radius 2 is 1.32 bits per heavy atom. The fraction of sp³-hybridized carbons (Fsp3) is 0.444. The Hall–Kier alpha value is -0.430. The summed E-state index contributed by atoms with van der Waals surface area (Å²) in [4.78, 5) is 0. The molecule has 0 aliphatic rings. The van der Waals surface area contributed by atoms with Crippen LogP contribution in [-0.4, -0.2) is 0 Å². The van der Waals surface area contributed by atoms with Crippen molar-refractivity contribution in [2.45, 2.75) is 54.4 Å². The van der Waals surface area contributed by atoms with E-state index in [1.807, 2.05) is 0 Å². The first-order valence-corrected chi connectivity index (χ1v) is 6.89. The molecule has 0 saturated carbocycles. The first kappa shape index (κ1) is 18.6. The van der Waals surface area contributed by atoms with Gasteiger partial charge in [-0.15, -0.1) is 0 Å². The SMILES string of the molecule is CCC[c-]1cccc1.Cc1c(C)c(C)[c-](C)c1C.[Hf]. The molecule has 19 heavy (non-hydrogen) atoms. The smallest absolute Gasteiger partial charge is 0 e. The van der Waals surface area contributed by atoms with Crippen LogP contribution in [0.25, 0.3) is 0 Å². The van der Waals surface area contributed by atoms with Crippen LogP contribution in [0.3, 0.4) is 0 Å². The molecule has 0 unspecified atom stereocenters. The molecule has 2 rings (SSSR count). The minimum absolute atomic E-state index is 0. The second-order valence-corrected chi connectivity index (χ2v) is 5.17. The molecule has 0 aliphatic heterocycles. The summed E-state index contributed by atoms with van der Waals surface area (Å²) in [7, 11) is 0. The van der Waals surface area contributed by atoms with Gasteiger partial charge in [-0.1, -0.05) is 54.4 Å². The van der Waals surface area contributed by atoms with Crippen molar-refractivity contribution in [3.8, 4) is 0 Å². The van der Waals surface area contributed by atoms with Gasteiger partial charge in [0.05, 0.1) is 0 Å². The fourth-order valence-electron chi connectivity index (χ4n) is 2.28. The summed E-state index contributed by atoms with van der Waals surface area (Å²) < 4.78 is 0. The minimum atomic E-state index is 0. The Bertz CT molecular complexity index is 392. The van der Waals surface area contributed by atoms with Crippen LogP contribution in [0.15, 0.2) is 24.3 Å². The number of rotatable bonds is 2. The first-order chi connectivity index (χ1) is 8.49. The summed E-state index contributed by atoms with van der Waals surface area (Å²) in [6.45, 7) is 13.2. The molecule has 0 bridgehead atoms. The molecule has 2 aromatic rings. The van der Waals surface area contributed by atoms with Gasteiger partial charge in [-0.2, -0.15) is 45.5 Å². The second-order valence-electron chi connectivity index (χ2n) is 5.17. The predicted octanol–water partition coefficient (Wildman–Crippen LogP) is 5.30. The van der Waals surface area contributed by atoms with Crippen LogP contribution in [0.4, 0.5) is 0 Å². The van der Waals surface area contributed by atoms with E-state index in [-0.39, 0.29) is 25.8 Å². The Morgan fingerprint density at radius 1 is 0.895 bits per heavy atom. The number of hydrogen-bond donors (Lipinski definition) is 0. The van der Waals surface area contributed by atoms with Gasteiger partial charge >= 0.3 is 0 Å². The van der Waals surface area contributed by atoms with E-state index in [0.717, 1.165) is 0 Å². The van der Waals surface area contributed by atoms with Gasteiger partial charge in [-0.3, -0.25) is 0 Å². The van der Waals surface area contributed by atoms with Crippen LogP contribution in [0, 0.1) is 34.6 Å². The van der Waals surface area contributed by atoms with Gasteiger partial charge < -0.3 is 0 Å². The van der Waals surface area contributed by atoms with E-state index >= 15 is 0 Å². The standard InChI is InChI=1S/C10H15.C8H11.Hf/c1-6-7(2)9(4)10(5)8(6)3;1-2-5-8-6-3-4-7-8;/h1-5H3;3-4,6-7H,2,5H2,1H3;/q2*-1;. The van der Waals surface area contributed by atoms with Gasteiger partial charge in [0, 0.05) is 25.8 Å². The molecule has 0 heterocycles. The Kier molecular flexibility index (Phi) is 8.49. The van der Waals surface area contributed by atoms with Crippen LogP contribution in [-0.2, 0) is 32.3 Å². The van der Waals surface area contributed by atoms with Gasteiger partial charge in [0.15, 0.2) is 0 Å². The van der Waals surface area contributed by atoms with E-state index in [9.17, 15) is 0 Å². The molecular weight excluding hydrogens is 395 g/mol. The molecule has 0 aliphatic carbocycles. The first-order valence-electron chi connectivity index (χ1n) is 6.89. The molecule has 0 atom stereocenters. The van der Waals surface area contributed by atoms with Crippen molar-refractivity contribution in [1.29, 1.82) is 0 Å². The third-order valence-corrected chi connectivity index (χ3v) is 4.08. The van der Waals surface area contributed by atoms with Crippen molar-refractivity contribution in [2.75, 3.05) is 0 Å². The maximum absolute atomic E-state index is 2.20. The third-order valence-electron chi connectivity index (χ3n) is 4.08. The van der Waals surface area contributed by atoms with Gasteiger partial charge in [0.2, 0.25) is 0 Å². The zero-order valence-electron chi connectivity index (χ0n) is 13.2. The van der Waals surface area contributed by atoms with Gasteiger partial charge in [0.25, 0.3) is 0 Å². The van der Waals surface area contributed by atoms with E-state index in [1.165, 1.54) is 46.2 Å². The van der Waals surface area contributed by atoms with Gasteiger partial charge in [-0.05, 0) is 0 Å². The molecule has 0 spiro atoms. The van der Waals surface area contributed by atoms with Gasteiger partial charge in [0.1, 0.15) is 0 Å². The number of aryl methyl sites for hydroxylation is 1. The molecule has 2 aromatic carbocycles. The summed E-state index contributed by atoms with van der Waals surface area (Å²) in [6, 6.07) is 8.52. The zero-order valence-corrected chi connectivity index (χ0v) is 16.8. The molecule has 0 nitrogen and oxygen atoms in total.